The molecule has 0 aromatic heterocycles. The maximum absolute atomic E-state index is 11.5. The number of hydrogen-bond acceptors (Lipinski definition) is 10. The standard InChI is InChI=1S/C57H92O10Si/c1-11-60-52(58)27-19-17-15-13-12-14-16-18-26-43(4)51-41-49(65-57(66-51)34-24-25-35-57)38-47-37-48(64-56(63-47)32-22-23-33-56)40-50(67-68(9,10)54(6,7)8)39-46-36-45(29-28-44(5)53(59)42(2)3)61-55(62-46)30-20-21-31-55/h12-19,26-29,42-51,53,59H,11,20-25,30-41H2,1-10H3/b13-12+,16-14+,17-15+,26-18+,27-19+,29-28?/t43-,44-,45-,46-,47+,48+,49+,50+,51+,53-/m0/s1. The van der Waals surface area contributed by atoms with Crippen molar-refractivity contribution in [3.8, 4) is 0 Å². The van der Waals surface area contributed by atoms with Gasteiger partial charge in [-0.25, -0.2) is 4.79 Å². The van der Waals surface area contributed by atoms with Crippen LogP contribution in [0.25, 0.3) is 0 Å². The zero-order valence-electron chi connectivity index (χ0n) is 43.8. The van der Waals surface area contributed by atoms with Crippen LogP contribution in [0.3, 0.4) is 0 Å². The van der Waals surface area contributed by atoms with Crippen LogP contribution in [0.1, 0.15) is 171 Å². The molecule has 0 amide bonds. The first-order valence-electron chi connectivity index (χ1n) is 26.9. The van der Waals surface area contributed by atoms with Crippen molar-refractivity contribution in [2.45, 2.75) is 255 Å². The first-order chi connectivity index (χ1) is 32.3. The highest BCUT2D eigenvalue weighted by Crippen LogP contribution is 2.48. The summed E-state index contributed by atoms with van der Waals surface area (Å²) in [6, 6.07) is 0. The van der Waals surface area contributed by atoms with E-state index in [1.54, 1.807) is 13.0 Å². The van der Waals surface area contributed by atoms with Crippen molar-refractivity contribution in [3.05, 3.63) is 72.9 Å². The van der Waals surface area contributed by atoms with E-state index in [1.165, 1.54) is 6.08 Å². The molecule has 1 N–H and O–H groups in total. The molecule has 3 heterocycles. The molecule has 10 atom stereocenters. The molecule has 3 aliphatic carbocycles. The van der Waals surface area contributed by atoms with Gasteiger partial charge in [0, 0.05) is 88.2 Å². The number of carbonyl (C=O) groups is 1. The minimum absolute atomic E-state index is 0.00807. The van der Waals surface area contributed by atoms with Gasteiger partial charge in [0.1, 0.15) is 0 Å². The zero-order chi connectivity index (χ0) is 49.0. The zero-order valence-corrected chi connectivity index (χ0v) is 44.8. The smallest absolute Gasteiger partial charge is 0.330 e. The molecular weight excluding hydrogens is 873 g/mol. The summed E-state index contributed by atoms with van der Waals surface area (Å²) in [5.41, 5.74) is 0. The molecule has 6 aliphatic rings. The van der Waals surface area contributed by atoms with Crippen molar-refractivity contribution >= 4 is 14.3 Å². The van der Waals surface area contributed by atoms with Gasteiger partial charge in [0.25, 0.3) is 0 Å². The SMILES string of the molecule is CCOC(=O)/C=C/C=C/C=C/C=C/C=C/[C@H](C)[C@H]1C[C@@H](C[C@H]2C[C@H](C[C@@H](C[C@@H]3C[C@H](C=C[C@H](C)[C@@H](O)C(C)C)OC4(CCCC4)O3)O[Si](C)(C)C(C)(C)C)OC3(CCCC3)O2)OC2(CCCC2)O1. The second-order valence-corrected chi connectivity index (χ2v) is 27.8. The fraction of sp³-hybridized carbons (Fsp3) is 0.772. The van der Waals surface area contributed by atoms with E-state index in [4.69, 9.17) is 37.6 Å². The lowest BCUT2D eigenvalue weighted by atomic mass is 9.90. The van der Waals surface area contributed by atoms with Crippen LogP contribution in [-0.4, -0.2) is 92.2 Å². The Hall–Kier alpha value is -2.19. The van der Waals surface area contributed by atoms with Gasteiger partial charge >= 0.3 is 5.97 Å². The van der Waals surface area contributed by atoms with Crippen LogP contribution in [0, 0.1) is 17.8 Å². The molecule has 384 valence electrons. The summed E-state index contributed by atoms with van der Waals surface area (Å²) in [4.78, 5) is 11.5. The quantitative estimate of drug-likeness (QED) is 0.0416. The summed E-state index contributed by atoms with van der Waals surface area (Å²) in [5.74, 6) is -1.54. The summed E-state index contributed by atoms with van der Waals surface area (Å²) in [5, 5.41) is 10.9. The minimum Gasteiger partial charge on any atom is -0.463 e. The van der Waals surface area contributed by atoms with Crippen LogP contribution < -0.4 is 0 Å². The highest BCUT2D eigenvalue weighted by Gasteiger charge is 2.51. The molecule has 0 unspecified atom stereocenters. The number of carbonyl (C=O) groups excluding carboxylic acids is 1. The lowest BCUT2D eigenvalue weighted by molar-refractivity contribution is -0.342. The van der Waals surface area contributed by atoms with Gasteiger partial charge < -0.3 is 42.7 Å². The number of aliphatic hydroxyl groups is 1. The van der Waals surface area contributed by atoms with Crippen LogP contribution in [0.2, 0.25) is 18.1 Å². The Morgan fingerprint density at radius 3 is 1.69 bits per heavy atom. The van der Waals surface area contributed by atoms with E-state index in [0.29, 0.717) is 6.61 Å². The van der Waals surface area contributed by atoms with Crippen LogP contribution >= 0.6 is 0 Å². The van der Waals surface area contributed by atoms with Gasteiger partial charge in [0.15, 0.2) is 25.7 Å². The van der Waals surface area contributed by atoms with Crippen molar-refractivity contribution in [2.24, 2.45) is 17.8 Å². The number of ether oxygens (including phenoxy) is 7. The molecular formula is C57H92O10Si. The molecule has 3 saturated heterocycles. The molecule has 0 aromatic rings. The van der Waals surface area contributed by atoms with Gasteiger partial charge in [0.2, 0.25) is 0 Å². The fourth-order valence-corrected chi connectivity index (χ4v) is 12.6. The van der Waals surface area contributed by atoms with E-state index in [0.717, 1.165) is 116 Å². The molecule has 6 rings (SSSR count). The summed E-state index contributed by atoms with van der Waals surface area (Å²) < 4.78 is 54.4. The maximum atomic E-state index is 11.5. The highest BCUT2D eigenvalue weighted by molar-refractivity contribution is 6.74. The average molecular weight is 965 g/mol. The van der Waals surface area contributed by atoms with E-state index in [2.05, 4.69) is 85.9 Å². The topological polar surface area (TPSA) is 111 Å². The molecule has 0 aromatic carbocycles. The molecule has 3 saturated carbocycles. The monoisotopic (exact) mass is 965 g/mol. The summed E-state index contributed by atoms with van der Waals surface area (Å²) in [6.07, 6.45) is 40.1. The fourth-order valence-electron chi connectivity index (χ4n) is 11.2. The molecule has 3 spiro atoms. The van der Waals surface area contributed by atoms with Gasteiger partial charge in [-0.15, -0.1) is 0 Å². The predicted octanol–water partition coefficient (Wildman–Crippen LogP) is 13.1. The predicted molar refractivity (Wildman–Crippen MR) is 273 cm³/mol. The van der Waals surface area contributed by atoms with Crippen molar-refractivity contribution in [1.82, 2.24) is 0 Å². The van der Waals surface area contributed by atoms with E-state index < -0.39 is 31.8 Å². The maximum Gasteiger partial charge on any atom is 0.330 e. The Kier molecular flexibility index (Phi) is 20.2. The van der Waals surface area contributed by atoms with E-state index in [9.17, 15) is 9.90 Å². The van der Waals surface area contributed by atoms with E-state index in [1.807, 2.05) is 36.5 Å². The van der Waals surface area contributed by atoms with Crippen molar-refractivity contribution in [1.29, 1.82) is 0 Å². The third-order valence-corrected chi connectivity index (χ3v) is 20.4. The second kappa shape index (κ2) is 25.0. The Morgan fingerprint density at radius 1 is 0.662 bits per heavy atom. The number of hydrogen-bond donors (Lipinski definition) is 1. The van der Waals surface area contributed by atoms with Gasteiger partial charge in [-0.1, -0.05) is 115 Å². The van der Waals surface area contributed by atoms with Crippen LogP contribution in [0.15, 0.2) is 72.9 Å². The molecule has 6 fully saturated rings. The molecule has 0 radical (unpaired) electrons. The van der Waals surface area contributed by atoms with Crippen LogP contribution in [-0.2, 0) is 42.4 Å². The van der Waals surface area contributed by atoms with Crippen molar-refractivity contribution in [3.63, 3.8) is 0 Å². The van der Waals surface area contributed by atoms with E-state index >= 15 is 0 Å². The third kappa shape index (κ3) is 15.9. The van der Waals surface area contributed by atoms with Crippen molar-refractivity contribution in [2.75, 3.05) is 6.61 Å². The Morgan fingerprint density at radius 2 is 1.15 bits per heavy atom. The summed E-state index contributed by atoms with van der Waals surface area (Å²) >= 11 is 0. The van der Waals surface area contributed by atoms with E-state index in [-0.39, 0.29) is 71.5 Å². The molecule has 3 aliphatic heterocycles. The number of rotatable bonds is 20. The summed E-state index contributed by atoms with van der Waals surface area (Å²) in [7, 11) is -2.19. The molecule has 68 heavy (non-hydrogen) atoms. The normalized spacial score (nSPS) is 30.8. The Balaban J connectivity index is 1.14. The third-order valence-electron chi connectivity index (χ3n) is 15.9. The number of allylic oxidation sites excluding steroid dienone is 8. The lowest BCUT2D eigenvalue weighted by Crippen LogP contribution is -2.53. The molecule has 11 heteroatoms. The Bertz CT molecular complexity index is 1740. The molecule has 10 nitrogen and oxygen atoms in total. The van der Waals surface area contributed by atoms with Crippen LogP contribution in [0.4, 0.5) is 0 Å². The first-order valence-corrected chi connectivity index (χ1v) is 29.9. The van der Waals surface area contributed by atoms with Gasteiger partial charge in [0.05, 0.1) is 49.3 Å². The number of esters is 1. The van der Waals surface area contributed by atoms with Gasteiger partial charge in [-0.3, -0.25) is 0 Å². The Labute approximate surface area is 412 Å². The van der Waals surface area contributed by atoms with Gasteiger partial charge in [-0.05, 0) is 82.3 Å². The first kappa shape index (κ1) is 55.1. The number of aliphatic hydroxyl groups excluding tert-OH is 1. The van der Waals surface area contributed by atoms with Gasteiger partial charge in [-0.2, -0.15) is 0 Å². The highest BCUT2D eigenvalue weighted by atomic mass is 28.4. The molecule has 0 bridgehead atoms. The summed E-state index contributed by atoms with van der Waals surface area (Å²) in [6.45, 7) is 22.4. The van der Waals surface area contributed by atoms with Crippen LogP contribution in [0.5, 0.6) is 0 Å². The largest absolute Gasteiger partial charge is 0.463 e. The lowest BCUT2D eigenvalue weighted by Gasteiger charge is -2.48. The van der Waals surface area contributed by atoms with Crippen molar-refractivity contribution < 1.29 is 47.5 Å². The average Bonchev–Trinajstić information content (AvgIpc) is 4.04. The minimum atomic E-state index is -2.19. The second-order valence-electron chi connectivity index (χ2n) is 23.0.